The van der Waals surface area contributed by atoms with E-state index < -0.39 is 55.1 Å². The van der Waals surface area contributed by atoms with Crippen LogP contribution in [0.5, 0.6) is 0 Å². The van der Waals surface area contributed by atoms with Gasteiger partial charge in [-0.1, -0.05) is 152 Å². The van der Waals surface area contributed by atoms with Gasteiger partial charge in [0, 0.05) is 0 Å². The number of rotatable bonds is 18. The zero-order valence-corrected chi connectivity index (χ0v) is 32.7. The van der Waals surface area contributed by atoms with Crippen LogP contribution in [0.15, 0.2) is 152 Å². The van der Waals surface area contributed by atoms with Gasteiger partial charge in [0.15, 0.2) is 6.29 Å². The van der Waals surface area contributed by atoms with Gasteiger partial charge in [-0.3, -0.25) is 0 Å². The molecule has 2 aliphatic heterocycles. The van der Waals surface area contributed by atoms with E-state index in [9.17, 15) is 5.11 Å². The topological polar surface area (TPSA) is 94.1 Å². The number of ether oxygens (including phenoxy) is 8. The van der Waals surface area contributed by atoms with E-state index in [1.807, 2.05) is 166 Å². The molecule has 2 aliphatic rings. The van der Waals surface area contributed by atoms with Gasteiger partial charge in [0.1, 0.15) is 42.7 Å². The average Bonchev–Trinajstić information content (AvgIpc) is 3.25. The molecule has 2 saturated heterocycles. The second kappa shape index (κ2) is 20.9. The van der Waals surface area contributed by atoms with Crippen molar-refractivity contribution < 1.29 is 43.0 Å². The minimum Gasteiger partial charge on any atom is -0.388 e. The summed E-state index contributed by atoms with van der Waals surface area (Å²) in [5.41, 5.74) is 5.02. The Kier molecular flexibility index (Phi) is 15.0. The highest BCUT2D eigenvalue weighted by molar-refractivity contribution is 5.17. The SMILES string of the molecule is CC1O[C@@H](C)C(O)[C@@H](O[C@@H]2OC(COCc3ccccc3)[C@@H](OCc3ccccc3)[C@H](OCc3ccccc3)C2OCc2ccccc2)[C@H]1OCc1ccccc1. The highest BCUT2D eigenvalue weighted by Gasteiger charge is 2.52. The van der Waals surface area contributed by atoms with Gasteiger partial charge in [-0.2, -0.15) is 0 Å². The third kappa shape index (κ3) is 11.4. The van der Waals surface area contributed by atoms with Gasteiger partial charge in [-0.25, -0.2) is 0 Å². The van der Waals surface area contributed by atoms with E-state index in [-0.39, 0.29) is 19.3 Å². The van der Waals surface area contributed by atoms with Gasteiger partial charge in [0.25, 0.3) is 0 Å². The quantitative estimate of drug-likeness (QED) is 0.0957. The molecule has 0 bridgehead atoms. The Balaban J connectivity index is 1.23. The molecule has 10 atom stereocenters. The van der Waals surface area contributed by atoms with E-state index in [1.165, 1.54) is 0 Å². The Labute approximate surface area is 336 Å². The molecule has 300 valence electrons. The Hall–Kier alpha value is -4.26. The summed E-state index contributed by atoms with van der Waals surface area (Å²) in [6.07, 6.45) is -7.16. The fourth-order valence-electron chi connectivity index (χ4n) is 7.39. The van der Waals surface area contributed by atoms with Crippen LogP contribution in [0.25, 0.3) is 0 Å². The minimum atomic E-state index is -1.02. The van der Waals surface area contributed by atoms with Crippen molar-refractivity contribution in [2.24, 2.45) is 0 Å². The first kappa shape index (κ1) is 40.9. The molecule has 0 aromatic heterocycles. The third-order valence-corrected chi connectivity index (χ3v) is 10.5. The van der Waals surface area contributed by atoms with Crippen LogP contribution in [0, 0.1) is 0 Å². The van der Waals surface area contributed by atoms with Crippen molar-refractivity contribution in [3.8, 4) is 0 Å². The lowest BCUT2D eigenvalue weighted by atomic mass is 9.94. The van der Waals surface area contributed by atoms with Crippen molar-refractivity contribution in [3.05, 3.63) is 179 Å². The van der Waals surface area contributed by atoms with Gasteiger partial charge >= 0.3 is 0 Å². The van der Waals surface area contributed by atoms with Crippen molar-refractivity contribution >= 4 is 0 Å². The molecule has 0 spiro atoms. The van der Waals surface area contributed by atoms with Crippen molar-refractivity contribution in [3.63, 3.8) is 0 Å². The summed E-state index contributed by atoms with van der Waals surface area (Å²) in [6, 6.07) is 50.0. The van der Waals surface area contributed by atoms with Crippen LogP contribution < -0.4 is 0 Å². The van der Waals surface area contributed by atoms with E-state index >= 15 is 0 Å². The molecule has 0 radical (unpaired) electrons. The Bertz CT molecular complexity index is 1850. The van der Waals surface area contributed by atoms with E-state index in [4.69, 9.17) is 37.9 Å². The number of aliphatic hydroxyl groups is 1. The van der Waals surface area contributed by atoms with Crippen molar-refractivity contribution in [2.45, 2.75) is 108 Å². The minimum absolute atomic E-state index is 0.182. The second-order valence-electron chi connectivity index (χ2n) is 14.7. The predicted octanol–water partition coefficient (Wildman–Crippen LogP) is 7.82. The van der Waals surface area contributed by atoms with E-state index in [0.29, 0.717) is 26.4 Å². The van der Waals surface area contributed by atoms with Crippen LogP contribution in [0.3, 0.4) is 0 Å². The van der Waals surface area contributed by atoms with Gasteiger partial charge < -0.3 is 43.0 Å². The Morgan fingerprint density at radius 2 is 0.807 bits per heavy atom. The zero-order chi connectivity index (χ0) is 39.2. The first-order valence-corrected chi connectivity index (χ1v) is 19.9. The number of hydrogen-bond acceptors (Lipinski definition) is 9. The molecule has 0 amide bonds. The molecule has 9 heteroatoms. The summed E-state index contributed by atoms with van der Waals surface area (Å²) in [7, 11) is 0. The fraction of sp³-hybridized carbons (Fsp3) is 0.375. The van der Waals surface area contributed by atoms with Gasteiger partial charge in [0.05, 0.1) is 51.8 Å². The highest BCUT2D eigenvalue weighted by atomic mass is 16.7. The Morgan fingerprint density at radius 1 is 0.421 bits per heavy atom. The van der Waals surface area contributed by atoms with Crippen molar-refractivity contribution in [2.75, 3.05) is 6.61 Å². The van der Waals surface area contributed by atoms with Crippen LogP contribution in [0.1, 0.15) is 41.7 Å². The van der Waals surface area contributed by atoms with Crippen LogP contribution >= 0.6 is 0 Å². The summed E-state index contributed by atoms with van der Waals surface area (Å²) in [6.45, 7) is 5.53. The smallest absolute Gasteiger partial charge is 0.187 e. The first-order chi connectivity index (χ1) is 28.0. The summed E-state index contributed by atoms with van der Waals surface area (Å²) >= 11 is 0. The predicted molar refractivity (Wildman–Crippen MR) is 216 cm³/mol. The zero-order valence-electron chi connectivity index (χ0n) is 32.7. The lowest BCUT2D eigenvalue weighted by molar-refractivity contribution is -0.358. The molecule has 4 unspecified atom stereocenters. The maximum atomic E-state index is 11.8. The monoisotopic (exact) mass is 774 g/mol. The largest absolute Gasteiger partial charge is 0.388 e. The summed E-state index contributed by atoms with van der Waals surface area (Å²) in [4.78, 5) is 0. The molecule has 5 aromatic carbocycles. The van der Waals surface area contributed by atoms with Gasteiger partial charge in [0.2, 0.25) is 0 Å². The molecule has 0 aliphatic carbocycles. The maximum Gasteiger partial charge on any atom is 0.187 e. The molecular weight excluding hydrogens is 721 g/mol. The molecule has 2 fully saturated rings. The van der Waals surface area contributed by atoms with Gasteiger partial charge in [-0.15, -0.1) is 0 Å². The molecule has 57 heavy (non-hydrogen) atoms. The number of aliphatic hydroxyl groups excluding tert-OH is 1. The van der Waals surface area contributed by atoms with E-state index in [1.54, 1.807) is 0 Å². The van der Waals surface area contributed by atoms with Crippen LogP contribution in [0.2, 0.25) is 0 Å². The normalized spacial score (nSPS) is 27.6. The standard InChI is InChI=1S/C48H54O9/c1-34-42(49)45(43(35(2)55-34)51-29-37-20-10-4-11-21-37)57-48-47(54-32-40-26-16-7-17-27-40)46(53-31-39-24-14-6-15-25-39)44(52-30-38-22-12-5-13-23-38)41(56-48)33-50-28-36-18-8-3-9-19-36/h3-27,34-35,41-49H,28-33H2,1-2H3/t34-,35?,41?,42?,43-,44+,45+,46-,47?,48-/m0/s1. The van der Waals surface area contributed by atoms with Crippen LogP contribution in [0.4, 0.5) is 0 Å². The molecular formula is C48H54O9. The average molecular weight is 775 g/mol. The third-order valence-electron chi connectivity index (χ3n) is 10.5. The Morgan fingerprint density at radius 3 is 1.26 bits per heavy atom. The lowest BCUT2D eigenvalue weighted by Gasteiger charge is -2.49. The highest BCUT2D eigenvalue weighted by Crippen LogP contribution is 2.35. The molecule has 2 heterocycles. The van der Waals surface area contributed by atoms with Crippen LogP contribution in [-0.2, 0) is 70.9 Å². The van der Waals surface area contributed by atoms with Crippen molar-refractivity contribution in [1.29, 1.82) is 0 Å². The summed E-state index contributed by atoms with van der Waals surface area (Å²) in [5.74, 6) is 0. The fourth-order valence-corrected chi connectivity index (χ4v) is 7.39. The number of benzene rings is 5. The molecule has 5 aromatic rings. The summed E-state index contributed by atoms with van der Waals surface area (Å²) in [5, 5.41) is 11.8. The maximum absolute atomic E-state index is 11.8. The molecule has 9 nitrogen and oxygen atoms in total. The molecule has 1 N–H and O–H groups in total. The lowest BCUT2D eigenvalue weighted by Crippen LogP contribution is -2.65. The molecule has 0 saturated carbocycles. The van der Waals surface area contributed by atoms with Crippen LogP contribution in [-0.4, -0.2) is 72.9 Å². The first-order valence-electron chi connectivity index (χ1n) is 19.9. The van der Waals surface area contributed by atoms with E-state index in [2.05, 4.69) is 0 Å². The van der Waals surface area contributed by atoms with E-state index in [0.717, 1.165) is 27.8 Å². The number of hydrogen-bond donors (Lipinski definition) is 1. The van der Waals surface area contributed by atoms with Crippen molar-refractivity contribution in [1.82, 2.24) is 0 Å². The van der Waals surface area contributed by atoms with Gasteiger partial charge in [-0.05, 0) is 41.7 Å². The summed E-state index contributed by atoms with van der Waals surface area (Å²) < 4.78 is 53.5. The molecule has 7 rings (SSSR count). The second-order valence-corrected chi connectivity index (χ2v) is 14.7.